The van der Waals surface area contributed by atoms with Crippen LogP contribution in [0.25, 0.3) is 0 Å². The summed E-state index contributed by atoms with van der Waals surface area (Å²) in [5, 5.41) is 0. The average molecular weight is 263 g/mol. The summed E-state index contributed by atoms with van der Waals surface area (Å²) < 4.78 is 0. The van der Waals surface area contributed by atoms with Crippen molar-refractivity contribution in [3.05, 3.63) is 0 Å². The number of unbranched alkanes of at least 4 members (excludes halogenated alkanes) is 2. The predicted octanol–water partition coefficient (Wildman–Crippen LogP) is 2.78. The van der Waals surface area contributed by atoms with E-state index in [1.54, 1.807) is 0 Å². The molecule has 106 valence electrons. The summed E-state index contributed by atoms with van der Waals surface area (Å²) in [5.74, 6) is 1.28. The summed E-state index contributed by atoms with van der Waals surface area (Å²) >= 11 is 0. The molecule has 3 nitrogen and oxygen atoms in total. The minimum absolute atomic E-state index is 0.0766. The van der Waals surface area contributed by atoms with Crippen molar-refractivity contribution < 1.29 is 9.59 Å². The number of amides is 1. The minimum atomic E-state index is -0.250. The van der Waals surface area contributed by atoms with E-state index in [0.29, 0.717) is 24.0 Å². The molecule has 2 aliphatic carbocycles. The molecule has 3 rings (SSSR count). The minimum Gasteiger partial charge on any atom is -0.342 e. The fourth-order valence-corrected chi connectivity index (χ4v) is 4.64. The quantitative estimate of drug-likeness (QED) is 0.731. The largest absolute Gasteiger partial charge is 0.342 e. The Morgan fingerprint density at radius 3 is 2.95 bits per heavy atom. The SMILES string of the molecule is CCCCCN1CC[C@@H]2CC3C(=O)CCC[C@]32C1=O. The van der Waals surface area contributed by atoms with Crippen molar-refractivity contribution >= 4 is 11.7 Å². The highest BCUT2D eigenvalue weighted by atomic mass is 16.2. The lowest BCUT2D eigenvalue weighted by molar-refractivity contribution is -0.185. The maximum atomic E-state index is 12.9. The zero-order valence-electron chi connectivity index (χ0n) is 12.0. The highest BCUT2D eigenvalue weighted by Gasteiger charge is 2.65. The van der Waals surface area contributed by atoms with Crippen LogP contribution in [0.2, 0.25) is 0 Å². The van der Waals surface area contributed by atoms with E-state index in [4.69, 9.17) is 0 Å². The van der Waals surface area contributed by atoms with Gasteiger partial charge in [-0.15, -0.1) is 0 Å². The first-order valence-corrected chi connectivity index (χ1v) is 8.02. The molecule has 0 aromatic rings. The topological polar surface area (TPSA) is 37.4 Å². The third-order valence-electron chi connectivity index (χ3n) is 5.74. The van der Waals surface area contributed by atoms with Gasteiger partial charge in [-0.3, -0.25) is 9.59 Å². The van der Waals surface area contributed by atoms with Crippen LogP contribution >= 0.6 is 0 Å². The van der Waals surface area contributed by atoms with Crippen LogP contribution in [0, 0.1) is 17.3 Å². The van der Waals surface area contributed by atoms with Gasteiger partial charge in [-0.25, -0.2) is 0 Å². The molecule has 1 aliphatic heterocycles. The molecule has 0 radical (unpaired) electrons. The molecule has 3 fully saturated rings. The standard InChI is InChI=1S/C16H25NO2/c1-2-3-4-9-17-10-7-12-11-13-14(18)6-5-8-16(12,13)15(17)19/h12-13H,2-11H2,1H3/t12-,13?,16-/m1/s1. The highest BCUT2D eigenvalue weighted by Crippen LogP contribution is 2.61. The molecule has 1 heterocycles. The fraction of sp³-hybridized carbons (Fsp3) is 0.875. The van der Waals surface area contributed by atoms with Gasteiger partial charge in [0.05, 0.1) is 5.41 Å². The predicted molar refractivity (Wildman–Crippen MR) is 73.6 cm³/mol. The van der Waals surface area contributed by atoms with Crippen LogP contribution in [0.15, 0.2) is 0 Å². The molecule has 0 N–H and O–H groups in total. The Balaban J connectivity index is 1.73. The number of piperidine rings is 1. The van der Waals surface area contributed by atoms with Gasteiger partial charge < -0.3 is 4.90 Å². The maximum Gasteiger partial charge on any atom is 0.229 e. The number of rotatable bonds is 4. The Labute approximate surface area is 115 Å². The second-order valence-electron chi connectivity index (χ2n) is 6.63. The molecule has 3 atom stereocenters. The van der Waals surface area contributed by atoms with Crippen molar-refractivity contribution in [2.24, 2.45) is 17.3 Å². The van der Waals surface area contributed by atoms with Crippen LogP contribution in [-0.4, -0.2) is 29.7 Å². The van der Waals surface area contributed by atoms with Crippen LogP contribution in [0.4, 0.5) is 0 Å². The molecule has 0 aromatic heterocycles. The van der Waals surface area contributed by atoms with Gasteiger partial charge in [0, 0.05) is 25.4 Å². The Hall–Kier alpha value is -0.860. The number of Topliss-reactive ketones (excluding diaryl/α,β-unsaturated/α-hetero) is 1. The first kappa shape index (κ1) is 13.1. The van der Waals surface area contributed by atoms with Gasteiger partial charge in [-0.1, -0.05) is 19.8 Å². The summed E-state index contributed by atoms with van der Waals surface area (Å²) in [6.45, 7) is 4.02. The summed E-state index contributed by atoms with van der Waals surface area (Å²) in [6.07, 6.45) is 8.23. The normalized spacial score (nSPS) is 37.6. The highest BCUT2D eigenvalue weighted by molar-refractivity contribution is 5.95. The van der Waals surface area contributed by atoms with Crippen LogP contribution in [0.1, 0.15) is 58.3 Å². The van der Waals surface area contributed by atoms with Gasteiger partial charge >= 0.3 is 0 Å². The molecule has 0 aromatic carbocycles. The molecule has 1 amide bonds. The number of carbonyl (C=O) groups excluding carboxylic acids is 2. The third kappa shape index (κ3) is 1.85. The van der Waals surface area contributed by atoms with E-state index in [1.807, 2.05) is 0 Å². The lowest BCUT2D eigenvalue weighted by atomic mass is 9.45. The van der Waals surface area contributed by atoms with E-state index in [2.05, 4.69) is 11.8 Å². The molecular weight excluding hydrogens is 238 g/mol. The zero-order chi connectivity index (χ0) is 13.5. The van der Waals surface area contributed by atoms with Gasteiger partial charge in [0.2, 0.25) is 5.91 Å². The first-order chi connectivity index (χ1) is 9.20. The number of hydrogen-bond acceptors (Lipinski definition) is 2. The molecule has 1 saturated heterocycles. The third-order valence-corrected chi connectivity index (χ3v) is 5.74. The number of carbonyl (C=O) groups is 2. The molecule has 3 heteroatoms. The van der Waals surface area contributed by atoms with Crippen LogP contribution in [-0.2, 0) is 9.59 Å². The molecule has 2 saturated carbocycles. The van der Waals surface area contributed by atoms with Crippen LogP contribution in [0.3, 0.4) is 0 Å². The van der Waals surface area contributed by atoms with E-state index in [1.165, 1.54) is 12.8 Å². The van der Waals surface area contributed by atoms with Crippen molar-refractivity contribution in [2.45, 2.75) is 58.3 Å². The van der Waals surface area contributed by atoms with Gasteiger partial charge in [-0.2, -0.15) is 0 Å². The van der Waals surface area contributed by atoms with E-state index >= 15 is 0 Å². The fourth-order valence-electron chi connectivity index (χ4n) is 4.64. The Kier molecular flexibility index (Phi) is 3.40. The van der Waals surface area contributed by atoms with E-state index in [9.17, 15) is 9.59 Å². The molecule has 0 bridgehead atoms. The number of ketones is 1. The smallest absolute Gasteiger partial charge is 0.229 e. The summed E-state index contributed by atoms with van der Waals surface area (Å²) in [5.41, 5.74) is -0.250. The van der Waals surface area contributed by atoms with Crippen molar-refractivity contribution in [3.8, 4) is 0 Å². The second kappa shape index (κ2) is 4.92. The number of hydrogen-bond donors (Lipinski definition) is 0. The number of nitrogens with zero attached hydrogens (tertiary/aromatic N) is 1. The van der Waals surface area contributed by atoms with E-state index in [-0.39, 0.29) is 11.3 Å². The van der Waals surface area contributed by atoms with Gasteiger partial charge in [0.1, 0.15) is 5.78 Å². The average Bonchev–Trinajstić information content (AvgIpc) is 2.37. The monoisotopic (exact) mass is 263 g/mol. The van der Waals surface area contributed by atoms with Crippen molar-refractivity contribution in [1.82, 2.24) is 4.90 Å². The molecule has 19 heavy (non-hydrogen) atoms. The number of likely N-dealkylation sites (tertiary alicyclic amines) is 1. The summed E-state index contributed by atoms with van der Waals surface area (Å²) in [6, 6.07) is 0. The summed E-state index contributed by atoms with van der Waals surface area (Å²) in [7, 11) is 0. The Bertz CT molecular complexity index is 392. The van der Waals surface area contributed by atoms with Gasteiger partial charge in [0.15, 0.2) is 0 Å². The van der Waals surface area contributed by atoms with Gasteiger partial charge in [0.25, 0.3) is 0 Å². The summed E-state index contributed by atoms with van der Waals surface area (Å²) in [4.78, 5) is 27.0. The zero-order valence-corrected chi connectivity index (χ0v) is 12.0. The van der Waals surface area contributed by atoms with Gasteiger partial charge in [-0.05, 0) is 38.0 Å². The second-order valence-corrected chi connectivity index (χ2v) is 6.63. The first-order valence-electron chi connectivity index (χ1n) is 8.02. The lowest BCUT2D eigenvalue weighted by Crippen LogP contribution is -2.66. The van der Waals surface area contributed by atoms with E-state index in [0.717, 1.165) is 45.2 Å². The van der Waals surface area contributed by atoms with Crippen molar-refractivity contribution in [3.63, 3.8) is 0 Å². The molecule has 1 unspecified atom stereocenters. The van der Waals surface area contributed by atoms with Crippen molar-refractivity contribution in [2.75, 3.05) is 13.1 Å². The van der Waals surface area contributed by atoms with Crippen LogP contribution in [0.5, 0.6) is 0 Å². The molecule has 3 aliphatic rings. The maximum absolute atomic E-state index is 12.9. The molecule has 1 spiro atoms. The Morgan fingerprint density at radius 1 is 1.32 bits per heavy atom. The lowest BCUT2D eigenvalue weighted by Gasteiger charge is -2.60. The molecular formula is C16H25NO2. The van der Waals surface area contributed by atoms with Crippen LogP contribution < -0.4 is 0 Å². The van der Waals surface area contributed by atoms with E-state index < -0.39 is 0 Å². The Morgan fingerprint density at radius 2 is 2.16 bits per heavy atom. The van der Waals surface area contributed by atoms with Crippen molar-refractivity contribution in [1.29, 1.82) is 0 Å².